The van der Waals surface area contributed by atoms with E-state index >= 15 is 0 Å². The average Bonchev–Trinajstić information content (AvgIpc) is 2.28. The molecule has 5 nitrogen and oxygen atoms in total. The molecular formula is C10H10F3N3O2. The highest BCUT2D eigenvalue weighted by atomic mass is 19.4. The molecule has 0 atom stereocenters. The van der Waals surface area contributed by atoms with Crippen LogP contribution in [-0.2, 0) is 4.79 Å². The minimum absolute atomic E-state index is 0.0821. The lowest BCUT2D eigenvalue weighted by atomic mass is 10.1. The van der Waals surface area contributed by atoms with Gasteiger partial charge in [0.2, 0.25) is 5.88 Å². The average molecular weight is 261 g/mol. The molecule has 0 spiro atoms. The fraction of sp³-hybridized carbons (Fsp3) is 0.500. The minimum Gasteiger partial charge on any atom is -0.386 e. The van der Waals surface area contributed by atoms with E-state index in [-0.39, 0.29) is 12.3 Å². The second-order valence-electron chi connectivity index (χ2n) is 3.82. The molecule has 2 rings (SSSR count). The van der Waals surface area contributed by atoms with Gasteiger partial charge in [0, 0.05) is 13.0 Å². The van der Waals surface area contributed by atoms with E-state index in [0.717, 1.165) is 6.20 Å². The van der Waals surface area contributed by atoms with Crippen molar-refractivity contribution in [1.29, 1.82) is 0 Å². The molecule has 0 N–H and O–H groups in total. The van der Waals surface area contributed by atoms with Crippen molar-refractivity contribution < 1.29 is 22.7 Å². The quantitative estimate of drug-likeness (QED) is 0.808. The summed E-state index contributed by atoms with van der Waals surface area (Å²) in [6.07, 6.45) is -1.49. The zero-order valence-electron chi connectivity index (χ0n) is 9.28. The topological polar surface area (TPSA) is 55.3 Å². The number of hydrogen-bond donors (Lipinski definition) is 0. The van der Waals surface area contributed by atoms with E-state index in [4.69, 9.17) is 0 Å². The summed E-state index contributed by atoms with van der Waals surface area (Å²) in [5.74, 6) is -0.161. The number of Topliss-reactive ketones (excluding diaryl/α,β-unsaturated/α-hetero) is 1. The van der Waals surface area contributed by atoms with E-state index < -0.39 is 12.2 Å². The second-order valence-corrected chi connectivity index (χ2v) is 3.82. The first-order chi connectivity index (χ1) is 8.44. The van der Waals surface area contributed by atoms with Gasteiger partial charge in [0.15, 0.2) is 5.78 Å². The molecule has 1 aromatic heterocycles. The van der Waals surface area contributed by atoms with Crippen LogP contribution in [0.2, 0.25) is 0 Å². The Balaban J connectivity index is 2.05. The van der Waals surface area contributed by atoms with Crippen LogP contribution in [-0.4, -0.2) is 35.2 Å². The first-order valence-corrected chi connectivity index (χ1v) is 5.28. The molecule has 0 saturated carbocycles. The van der Waals surface area contributed by atoms with Crippen molar-refractivity contribution in [3.63, 3.8) is 0 Å². The molecule has 0 radical (unpaired) electrons. The first-order valence-electron chi connectivity index (χ1n) is 5.28. The van der Waals surface area contributed by atoms with Crippen LogP contribution in [0.25, 0.3) is 0 Å². The number of alkyl halides is 3. The summed E-state index contributed by atoms with van der Waals surface area (Å²) < 4.78 is 39.3. The van der Waals surface area contributed by atoms with Gasteiger partial charge in [-0.1, -0.05) is 0 Å². The Labute approximate surface area is 101 Å². The molecule has 0 bridgehead atoms. The standard InChI is InChI=1S/C10H10F3N3O2/c11-10(12,13)18-9-5-14-8(4-15-9)16-3-1-2-7(17)6-16/h4-5H,1-3,6H2. The minimum atomic E-state index is -4.78. The maximum absolute atomic E-state index is 11.9. The van der Waals surface area contributed by atoms with Gasteiger partial charge < -0.3 is 9.64 Å². The number of carbonyl (C=O) groups excluding carboxylic acids is 1. The molecule has 8 heteroatoms. The number of halogens is 3. The van der Waals surface area contributed by atoms with E-state index in [1.807, 2.05) is 0 Å². The predicted molar refractivity (Wildman–Crippen MR) is 55.2 cm³/mol. The number of ketones is 1. The van der Waals surface area contributed by atoms with Gasteiger partial charge in [-0.2, -0.15) is 0 Å². The lowest BCUT2D eigenvalue weighted by Crippen LogP contribution is -2.36. The zero-order valence-corrected chi connectivity index (χ0v) is 9.28. The highest BCUT2D eigenvalue weighted by Gasteiger charge is 2.32. The number of hydrogen-bond acceptors (Lipinski definition) is 5. The van der Waals surface area contributed by atoms with Crippen LogP contribution < -0.4 is 9.64 Å². The third kappa shape index (κ3) is 3.31. The van der Waals surface area contributed by atoms with E-state index in [1.165, 1.54) is 6.20 Å². The van der Waals surface area contributed by atoms with Crippen molar-refractivity contribution in [3.05, 3.63) is 12.4 Å². The fourth-order valence-electron chi connectivity index (χ4n) is 1.68. The van der Waals surface area contributed by atoms with Gasteiger partial charge in [0.1, 0.15) is 5.82 Å². The van der Waals surface area contributed by atoms with Crippen LogP contribution in [0.15, 0.2) is 12.4 Å². The third-order valence-corrected chi connectivity index (χ3v) is 2.41. The van der Waals surface area contributed by atoms with E-state index in [9.17, 15) is 18.0 Å². The van der Waals surface area contributed by atoms with Crippen LogP contribution in [0, 0.1) is 0 Å². The Kier molecular flexibility index (Phi) is 3.35. The normalized spacial score (nSPS) is 16.8. The van der Waals surface area contributed by atoms with Gasteiger partial charge in [-0.15, -0.1) is 13.2 Å². The lowest BCUT2D eigenvalue weighted by molar-refractivity contribution is -0.276. The molecular weight excluding hydrogens is 251 g/mol. The van der Waals surface area contributed by atoms with Crippen LogP contribution >= 0.6 is 0 Å². The molecule has 1 aromatic rings. The van der Waals surface area contributed by atoms with Crippen LogP contribution in [0.4, 0.5) is 19.0 Å². The molecule has 0 aromatic carbocycles. The number of rotatable bonds is 2. The molecule has 0 amide bonds. The van der Waals surface area contributed by atoms with Gasteiger partial charge in [-0.05, 0) is 6.42 Å². The Morgan fingerprint density at radius 3 is 2.61 bits per heavy atom. The zero-order chi connectivity index (χ0) is 13.2. The summed E-state index contributed by atoms with van der Waals surface area (Å²) in [5.41, 5.74) is 0. The SMILES string of the molecule is O=C1CCCN(c2cnc(OC(F)(F)F)cn2)C1. The molecule has 1 fully saturated rings. The first kappa shape index (κ1) is 12.6. The Morgan fingerprint density at radius 1 is 1.28 bits per heavy atom. The number of ether oxygens (including phenoxy) is 1. The van der Waals surface area contributed by atoms with Gasteiger partial charge in [0.25, 0.3) is 0 Å². The van der Waals surface area contributed by atoms with Crippen molar-refractivity contribution >= 4 is 11.6 Å². The van der Waals surface area contributed by atoms with Gasteiger partial charge >= 0.3 is 6.36 Å². The highest BCUT2D eigenvalue weighted by Crippen LogP contribution is 2.21. The molecule has 98 valence electrons. The lowest BCUT2D eigenvalue weighted by Gasteiger charge is -2.26. The van der Waals surface area contributed by atoms with Crippen molar-refractivity contribution in [2.45, 2.75) is 19.2 Å². The number of carbonyl (C=O) groups is 1. The molecule has 2 heterocycles. The maximum Gasteiger partial charge on any atom is 0.574 e. The van der Waals surface area contributed by atoms with E-state index in [2.05, 4.69) is 14.7 Å². The summed E-state index contributed by atoms with van der Waals surface area (Å²) in [7, 11) is 0. The Morgan fingerprint density at radius 2 is 2.06 bits per heavy atom. The summed E-state index contributed by atoms with van der Waals surface area (Å²) in [4.78, 5) is 20.2. The van der Waals surface area contributed by atoms with E-state index in [1.54, 1.807) is 4.90 Å². The summed E-state index contributed by atoms with van der Waals surface area (Å²) in [5, 5.41) is 0. The van der Waals surface area contributed by atoms with Crippen molar-refractivity contribution in [2.24, 2.45) is 0 Å². The Hall–Kier alpha value is -1.86. The summed E-state index contributed by atoms with van der Waals surface area (Å²) in [6.45, 7) is 0.855. The molecule has 1 aliphatic heterocycles. The van der Waals surface area contributed by atoms with Crippen molar-refractivity contribution in [2.75, 3.05) is 18.0 Å². The second kappa shape index (κ2) is 4.79. The number of nitrogens with zero attached hydrogens (tertiary/aromatic N) is 3. The largest absolute Gasteiger partial charge is 0.574 e. The summed E-state index contributed by atoms with van der Waals surface area (Å²) in [6, 6.07) is 0. The smallest absolute Gasteiger partial charge is 0.386 e. The Bertz CT molecular complexity index is 433. The fourth-order valence-corrected chi connectivity index (χ4v) is 1.68. The van der Waals surface area contributed by atoms with Gasteiger partial charge in [-0.3, -0.25) is 4.79 Å². The molecule has 0 aliphatic carbocycles. The van der Waals surface area contributed by atoms with Gasteiger partial charge in [-0.25, -0.2) is 9.97 Å². The molecule has 1 aliphatic rings. The third-order valence-electron chi connectivity index (χ3n) is 2.41. The summed E-state index contributed by atoms with van der Waals surface area (Å²) >= 11 is 0. The molecule has 18 heavy (non-hydrogen) atoms. The number of anilines is 1. The van der Waals surface area contributed by atoms with Crippen LogP contribution in [0.3, 0.4) is 0 Å². The highest BCUT2D eigenvalue weighted by molar-refractivity contribution is 5.84. The number of piperidine rings is 1. The molecule has 1 saturated heterocycles. The van der Waals surface area contributed by atoms with Crippen molar-refractivity contribution in [3.8, 4) is 5.88 Å². The number of aromatic nitrogens is 2. The monoisotopic (exact) mass is 261 g/mol. The molecule has 0 unspecified atom stereocenters. The maximum atomic E-state index is 11.9. The van der Waals surface area contributed by atoms with E-state index in [0.29, 0.717) is 25.2 Å². The predicted octanol–water partition coefficient (Wildman–Crippen LogP) is 1.54. The van der Waals surface area contributed by atoms with Gasteiger partial charge in [0.05, 0.1) is 18.9 Å². The van der Waals surface area contributed by atoms with Crippen LogP contribution in [0.5, 0.6) is 5.88 Å². The van der Waals surface area contributed by atoms with Crippen molar-refractivity contribution in [1.82, 2.24) is 9.97 Å². The van der Waals surface area contributed by atoms with Crippen LogP contribution in [0.1, 0.15) is 12.8 Å².